The van der Waals surface area contributed by atoms with Crippen LogP contribution in [0.2, 0.25) is 0 Å². The number of para-hydroxylation sites is 2. The highest BCUT2D eigenvalue weighted by molar-refractivity contribution is 5.94. The van der Waals surface area contributed by atoms with Crippen molar-refractivity contribution in [2.45, 2.75) is 0 Å². The molecule has 0 radical (unpaired) electrons. The van der Waals surface area contributed by atoms with E-state index in [1.165, 1.54) is 21.8 Å². The number of hydrogen-bond acceptors (Lipinski definition) is 0. The Hall–Kier alpha value is -3.39. The second-order valence-corrected chi connectivity index (χ2v) is 6.21. The van der Waals surface area contributed by atoms with Crippen LogP contribution in [0.5, 0.6) is 0 Å². The van der Waals surface area contributed by atoms with E-state index in [2.05, 4.69) is 113 Å². The molecule has 0 bridgehead atoms. The van der Waals surface area contributed by atoms with Gasteiger partial charge in [-0.3, -0.25) is 0 Å². The van der Waals surface area contributed by atoms with E-state index >= 15 is 0 Å². The average Bonchev–Trinajstić information content (AvgIpc) is 3.06. The molecule has 1 aromatic heterocycles. The molecule has 5 rings (SSSR count). The quantitative estimate of drug-likeness (QED) is 0.402. The Labute approximate surface area is 146 Å². The summed E-state index contributed by atoms with van der Waals surface area (Å²) in [5.41, 5.74) is 4.73. The zero-order valence-electron chi connectivity index (χ0n) is 13.7. The minimum absolute atomic E-state index is 1.16. The summed E-state index contributed by atoms with van der Waals surface area (Å²) < 4.78 is 4.52. The molecule has 0 aliphatic rings. The fourth-order valence-corrected chi connectivity index (χ4v) is 3.43. The van der Waals surface area contributed by atoms with Gasteiger partial charge in [0.1, 0.15) is 11.4 Å². The summed E-state index contributed by atoms with van der Waals surface area (Å²) in [5.74, 6) is 0. The Bertz CT molecular complexity index is 1080. The minimum atomic E-state index is 1.16. The van der Waals surface area contributed by atoms with Crippen molar-refractivity contribution in [3.05, 3.63) is 103 Å². The van der Waals surface area contributed by atoms with Crippen LogP contribution in [-0.2, 0) is 0 Å². The smallest absolute Gasteiger partial charge is 0.195 e. The molecule has 0 aliphatic carbocycles. The minimum Gasteiger partial charge on any atom is -0.195 e. The van der Waals surface area contributed by atoms with E-state index in [1.54, 1.807) is 0 Å². The number of aromatic nitrogens is 2. The normalized spacial score (nSPS) is 11.2. The highest BCUT2D eigenvalue weighted by Crippen LogP contribution is 2.24. The second-order valence-electron chi connectivity index (χ2n) is 6.21. The van der Waals surface area contributed by atoms with Gasteiger partial charge in [0.25, 0.3) is 6.33 Å². The highest BCUT2D eigenvalue weighted by atomic mass is 15.1. The lowest BCUT2D eigenvalue weighted by Gasteiger charge is -1.99. The Kier molecular flexibility index (Phi) is 3.14. The summed E-state index contributed by atoms with van der Waals surface area (Å²) in [4.78, 5) is 0. The number of nitrogens with zero attached hydrogens (tertiary/aromatic N) is 2. The first-order chi connectivity index (χ1) is 12.4. The molecule has 0 fully saturated rings. The molecule has 118 valence electrons. The van der Waals surface area contributed by atoms with Crippen LogP contribution in [0.4, 0.5) is 0 Å². The summed E-state index contributed by atoms with van der Waals surface area (Å²) >= 11 is 0. The number of imidazole rings is 1. The van der Waals surface area contributed by atoms with Gasteiger partial charge in [-0.05, 0) is 47.2 Å². The maximum absolute atomic E-state index is 2.27. The molecule has 0 saturated heterocycles. The lowest BCUT2D eigenvalue weighted by molar-refractivity contribution is -0.567. The highest BCUT2D eigenvalue weighted by Gasteiger charge is 2.19. The molecule has 0 N–H and O–H groups in total. The monoisotopic (exact) mass is 321 g/mol. The Morgan fingerprint density at radius 2 is 1.20 bits per heavy atom. The van der Waals surface area contributed by atoms with E-state index in [1.807, 2.05) is 0 Å². The molecule has 0 aliphatic heterocycles. The zero-order chi connectivity index (χ0) is 16.6. The van der Waals surface area contributed by atoms with Crippen molar-refractivity contribution in [2.75, 3.05) is 0 Å². The number of hydrogen-bond donors (Lipinski definition) is 0. The van der Waals surface area contributed by atoms with Gasteiger partial charge >= 0.3 is 0 Å². The van der Waals surface area contributed by atoms with Crippen molar-refractivity contribution in [1.29, 1.82) is 0 Å². The van der Waals surface area contributed by atoms with Crippen molar-refractivity contribution < 1.29 is 4.57 Å². The predicted octanol–water partition coefficient (Wildman–Crippen LogP) is 5.06. The van der Waals surface area contributed by atoms with Crippen LogP contribution in [0.25, 0.3) is 33.2 Å². The van der Waals surface area contributed by atoms with E-state index in [0.29, 0.717) is 0 Å². The molecule has 2 heteroatoms. The van der Waals surface area contributed by atoms with Crippen LogP contribution >= 0.6 is 0 Å². The fourth-order valence-electron chi connectivity index (χ4n) is 3.43. The third kappa shape index (κ3) is 2.31. The third-order valence-corrected chi connectivity index (χ3v) is 4.66. The lowest BCUT2D eigenvalue weighted by Crippen LogP contribution is -2.28. The van der Waals surface area contributed by atoms with Gasteiger partial charge in [0.15, 0.2) is 11.0 Å². The van der Waals surface area contributed by atoms with Crippen LogP contribution in [-0.4, -0.2) is 4.57 Å². The second kappa shape index (κ2) is 5.60. The van der Waals surface area contributed by atoms with Crippen molar-refractivity contribution in [2.24, 2.45) is 0 Å². The molecule has 0 atom stereocenters. The molecular formula is C23H17N2+. The maximum atomic E-state index is 2.27. The first-order valence-corrected chi connectivity index (χ1v) is 8.46. The van der Waals surface area contributed by atoms with E-state index in [-0.39, 0.29) is 0 Å². The SMILES string of the molecule is c1ccc(-n2c[n+](-c3ccccc3)c3cc4ccccc4cc32)cc1. The van der Waals surface area contributed by atoms with Gasteiger partial charge in [0.2, 0.25) is 0 Å². The average molecular weight is 321 g/mol. The van der Waals surface area contributed by atoms with Crippen LogP contribution < -0.4 is 4.57 Å². The number of benzene rings is 4. The molecule has 4 aromatic carbocycles. The van der Waals surface area contributed by atoms with Crippen LogP contribution in [0.15, 0.2) is 103 Å². The summed E-state index contributed by atoms with van der Waals surface area (Å²) in [7, 11) is 0. The van der Waals surface area contributed by atoms with Gasteiger partial charge in [-0.2, -0.15) is 9.13 Å². The fraction of sp³-hybridized carbons (Fsp3) is 0. The first kappa shape index (κ1) is 14.0. The summed E-state index contributed by atoms with van der Waals surface area (Å²) in [6.45, 7) is 0. The van der Waals surface area contributed by atoms with E-state index in [4.69, 9.17) is 0 Å². The summed E-state index contributed by atoms with van der Waals surface area (Å²) in [6, 6.07) is 34.1. The molecule has 2 nitrogen and oxygen atoms in total. The Morgan fingerprint density at radius 1 is 0.600 bits per heavy atom. The summed E-state index contributed by atoms with van der Waals surface area (Å²) in [6.07, 6.45) is 2.17. The maximum Gasteiger partial charge on any atom is 0.255 e. The van der Waals surface area contributed by atoms with Gasteiger partial charge < -0.3 is 0 Å². The molecule has 1 heterocycles. The van der Waals surface area contributed by atoms with Gasteiger partial charge in [-0.25, -0.2) is 0 Å². The van der Waals surface area contributed by atoms with Gasteiger partial charge in [-0.15, -0.1) is 0 Å². The molecular weight excluding hydrogens is 304 g/mol. The van der Waals surface area contributed by atoms with Crippen LogP contribution in [0, 0.1) is 0 Å². The summed E-state index contributed by atoms with van der Waals surface area (Å²) in [5, 5.41) is 2.51. The predicted molar refractivity (Wildman–Crippen MR) is 102 cm³/mol. The van der Waals surface area contributed by atoms with E-state index in [0.717, 1.165) is 11.4 Å². The van der Waals surface area contributed by atoms with E-state index < -0.39 is 0 Å². The van der Waals surface area contributed by atoms with Crippen molar-refractivity contribution in [3.8, 4) is 11.4 Å². The van der Waals surface area contributed by atoms with Crippen molar-refractivity contribution >= 4 is 21.8 Å². The lowest BCUT2D eigenvalue weighted by atomic mass is 10.1. The molecule has 0 saturated carbocycles. The standard InChI is InChI=1S/C23H17N2/c1-3-11-20(12-4-1)24-17-25(21-13-5-2-6-14-21)23-16-19-10-8-7-9-18(19)15-22(23)24/h1-17H/q+1. The van der Waals surface area contributed by atoms with Gasteiger partial charge in [-0.1, -0.05) is 60.7 Å². The van der Waals surface area contributed by atoms with Crippen LogP contribution in [0.1, 0.15) is 0 Å². The number of rotatable bonds is 2. The molecule has 0 amide bonds. The molecule has 0 spiro atoms. The first-order valence-electron chi connectivity index (χ1n) is 8.46. The largest absolute Gasteiger partial charge is 0.255 e. The van der Waals surface area contributed by atoms with Crippen LogP contribution in [0.3, 0.4) is 0 Å². The third-order valence-electron chi connectivity index (χ3n) is 4.66. The van der Waals surface area contributed by atoms with Gasteiger partial charge in [0.05, 0.1) is 0 Å². The van der Waals surface area contributed by atoms with Crippen molar-refractivity contribution in [1.82, 2.24) is 4.57 Å². The molecule has 25 heavy (non-hydrogen) atoms. The Balaban J connectivity index is 1.89. The number of fused-ring (bicyclic) bond motifs is 2. The van der Waals surface area contributed by atoms with E-state index in [9.17, 15) is 0 Å². The molecule has 0 unspecified atom stereocenters. The van der Waals surface area contributed by atoms with Crippen molar-refractivity contribution in [3.63, 3.8) is 0 Å². The van der Waals surface area contributed by atoms with Gasteiger partial charge in [0, 0.05) is 0 Å². The Morgan fingerprint density at radius 3 is 1.92 bits per heavy atom. The zero-order valence-corrected chi connectivity index (χ0v) is 13.7. The molecule has 5 aromatic rings. The topological polar surface area (TPSA) is 8.81 Å².